The summed E-state index contributed by atoms with van der Waals surface area (Å²) >= 11 is 7.56. The summed E-state index contributed by atoms with van der Waals surface area (Å²) in [6, 6.07) is 4.74. The van der Waals surface area contributed by atoms with Gasteiger partial charge in [-0.3, -0.25) is 0 Å². The van der Waals surface area contributed by atoms with Crippen LogP contribution in [0.4, 0.5) is 0 Å². The van der Waals surface area contributed by atoms with Crippen molar-refractivity contribution in [3.63, 3.8) is 0 Å². The molecule has 2 aromatic heterocycles. The van der Waals surface area contributed by atoms with Gasteiger partial charge in [0.25, 0.3) is 0 Å². The van der Waals surface area contributed by atoms with Crippen LogP contribution in [-0.2, 0) is 6.54 Å². The first kappa shape index (κ1) is 12.6. The number of rotatable bonds is 5. The van der Waals surface area contributed by atoms with Crippen molar-refractivity contribution in [2.75, 3.05) is 0 Å². The summed E-state index contributed by atoms with van der Waals surface area (Å²) < 4.78 is 2.92. The van der Waals surface area contributed by atoms with E-state index in [4.69, 9.17) is 11.6 Å². The quantitative estimate of drug-likeness (QED) is 0.902. The minimum Gasteiger partial charge on any atom is -0.336 e. The van der Waals surface area contributed by atoms with Gasteiger partial charge in [0, 0.05) is 35.9 Å². The second kappa shape index (κ2) is 5.67. The van der Waals surface area contributed by atoms with Crippen LogP contribution >= 0.6 is 22.9 Å². The largest absolute Gasteiger partial charge is 0.336 e. The van der Waals surface area contributed by atoms with E-state index in [2.05, 4.69) is 34.8 Å². The van der Waals surface area contributed by atoms with Crippen LogP contribution in [0.5, 0.6) is 0 Å². The smallest absolute Gasteiger partial charge is 0.0946 e. The summed E-state index contributed by atoms with van der Waals surface area (Å²) in [6.07, 6.45) is 5.62. The number of hydrogen-bond acceptors (Lipinski definition) is 3. The Kier molecular flexibility index (Phi) is 4.20. The number of thiophene rings is 1. The van der Waals surface area contributed by atoms with Gasteiger partial charge >= 0.3 is 0 Å². The lowest BCUT2D eigenvalue weighted by Crippen LogP contribution is -2.32. The number of halogens is 1. The molecule has 3 nitrogen and oxygen atoms in total. The minimum atomic E-state index is 0.325. The molecule has 2 rings (SSSR count). The Morgan fingerprint density at radius 3 is 2.88 bits per heavy atom. The van der Waals surface area contributed by atoms with Crippen molar-refractivity contribution in [2.45, 2.75) is 32.5 Å². The molecular formula is C12H16ClN3S. The predicted octanol–water partition coefficient (Wildman–Crippen LogP) is 3.34. The van der Waals surface area contributed by atoms with Gasteiger partial charge in [-0.15, -0.1) is 11.3 Å². The van der Waals surface area contributed by atoms with Gasteiger partial charge in [-0.25, -0.2) is 4.98 Å². The van der Waals surface area contributed by atoms with Crippen molar-refractivity contribution < 1.29 is 0 Å². The first-order chi connectivity index (χ1) is 8.15. The van der Waals surface area contributed by atoms with E-state index in [1.807, 2.05) is 18.6 Å². The molecule has 0 fully saturated rings. The predicted molar refractivity (Wildman–Crippen MR) is 72.6 cm³/mol. The van der Waals surface area contributed by atoms with Gasteiger partial charge in [-0.2, -0.15) is 0 Å². The van der Waals surface area contributed by atoms with Gasteiger partial charge in [0.15, 0.2) is 0 Å². The van der Waals surface area contributed by atoms with Crippen LogP contribution in [0.2, 0.25) is 4.34 Å². The molecule has 0 spiro atoms. The first-order valence-corrected chi connectivity index (χ1v) is 6.81. The second-order valence-electron chi connectivity index (χ2n) is 4.19. The molecule has 0 aliphatic carbocycles. The van der Waals surface area contributed by atoms with E-state index in [1.54, 1.807) is 17.5 Å². The van der Waals surface area contributed by atoms with Crippen LogP contribution in [-0.4, -0.2) is 15.6 Å². The third kappa shape index (κ3) is 3.56. The fraction of sp³-hybridized carbons (Fsp3) is 0.417. The maximum atomic E-state index is 5.93. The Bertz CT molecular complexity index is 452. The highest BCUT2D eigenvalue weighted by Gasteiger charge is 2.11. The number of imidazole rings is 1. The van der Waals surface area contributed by atoms with Gasteiger partial charge < -0.3 is 9.88 Å². The summed E-state index contributed by atoms with van der Waals surface area (Å²) in [7, 11) is 0. The molecule has 2 unspecified atom stereocenters. The van der Waals surface area contributed by atoms with E-state index in [1.165, 1.54) is 4.88 Å². The number of aromatic nitrogens is 2. The van der Waals surface area contributed by atoms with E-state index < -0.39 is 0 Å². The molecule has 0 aliphatic heterocycles. The summed E-state index contributed by atoms with van der Waals surface area (Å²) in [6.45, 7) is 5.25. The normalized spacial score (nSPS) is 14.8. The fourth-order valence-corrected chi connectivity index (χ4v) is 2.91. The molecule has 92 valence electrons. The minimum absolute atomic E-state index is 0.325. The Balaban J connectivity index is 1.88. The molecule has 1 N–H and O–H groups in total. The summed E-state index contributed by atoms with van der Waals surface area (Å²) in [4.78, 5) is 5.31. The molecule has 0 amide bonds. The molecule has 0 bridgehead atoms. The van der Waals surface area contributed by atoms with Crippen LogP contribution in [0.15, 0.2) is 30.9 Å². The lowest BCUT2D eigenvalue weighted by molar-refractivity contribution is 0.433. The van der Waals surface area contributed by atoms with Crippen molar-refractivity contribution in [1.82, 2.24) is 14.9 Å². The highest BCUT2D eigenvalue weighted by molar-refractivity contribution is 7.16. The topological polar surface area (TPSA) is 29.9 Å². The van der Waals surface area contributed by atoms with E-state index in [9.17, 15) is 0 Å². The SMILES string of the molecule is CC(Cn1ccnc1)NC(C)c1ccc(Cl)s1. The highest BCUT2D eigenvalue weighted by Crippen LogP contribution is 2.26. The molecule has 2 aromatic rings. The number of nitrogens with zero attached hydrogens (tertiary/aromatic N) is 2. The third-order valence-electron chi connectivity index (χ3n) is 2.60. The van der Waals surface area contributed by atoms with Crippen molar-refractivity contribution in [3.8, 4) is 0 Å². The molecule has 0 radical (unpaired) electrons. The van der Waals surface area contributed by atoms with Crippen molar-refractivity contribution in [1.29, 1.82) is 0 Å². The molecule has 0 saturated carbocycles. The maximum absolute atomic E-state index is 5.93. The lowest BCUT2D eigenvalue weighted by Gasteiger charge is -2.19. The summed E-state index contributed by atoms with van der Waals surface area (Å²) in [5.41, 5.74) is 0. The average Bonchev–Trinajstić information content (AvgIpc) is 2.89. The van der Waals surface area contributed by atoms with E-state index in [0.29, 0.717) is 12.1 Å². The highest BCUT2D eigenvalue weighted by atomic mass is 35.5. The maximum Gasteiger partial charge on any atom is 0.0946 e. The molecule has 17 heavy (non-hydrogen) atoms. The fourth-order valence-electron chi connectivity index (χ4n) is 1.83. The molecule has 5 heteroatoms. The van der Waals surface area contributed by atoms with Gasteiger partial charge in [-0.1, -0.05) is 11.6 Å². The Morgan fingerprint density at radius 2 is 2.29 bits per heavy atom. The van der Waals surface area contributed by atoms with Gasteiger partial charge in [0.1, 0.15) is 0 Å². The number of hydrogen-bond donors (Lipinski definition) is 1. The average molecular weight is 270 g/mol. The van der Waals surface area contributed by atoms with Gasteiger partial charge in [0.2, 0.25) is 0 Å². The molecule has 0 aliphatic rings. The van der Waals surface area contributed by atoms with E-state index in [-0.39, 0.29) is 0 Å². The van der Waals surface area contributed by atoms with Crippen molar-refractivity contribution in [3.05, 3.63) is 40.1 Å². The van der Waals surface area contributed by atoms with Crippen LogP contribution in [0.3, 0.4) is 0 Å². The molecule has 2 heterocycles. The molecular weight excluding hydrogens is 254 g/mol. The van der Waals surface area contributed by atoms with Gasteiger partial charge in [0.05, 0.1) is 10.7 Å². The van der Waals surface area contributed by atoms with Crippen LogP contribution in [0.25, 0.3) is 0 Å². The molecule has 2 atom stereocenters. The summed E-state index contributed by atoms with van der Waals surface area (Å²) in [5, 5.41) is 3.55. The van der Waals surface area contributed by atoms with Gasteiger partial charge in [-0.05, 0) is 26.0 Å². The first-order valence-electron chi connectivity index (χ1n) is 5.62. The standard InChI is InChI=1S/C12H16ClN3S/c1-9(7-16-6-5-14-8-16)15-10(2)11-3-4-12(13)17-11/h3-6,8-10,15H,7H2,1-2H3. The Morgan fingerprint density at radius 1 is 1.47 bits per heavy atom. The third-order valence-corrected chi connectivity index (χ3v) is 4.01. The van der Waals surface area contributed by atoms with Crippen molar-refractivity contribution >= 4 is 22.9 Å². The molecule has 0 saturated heterocycles. The van der Waals surface area contributed by atoms with E-state index >= 15 is 0 Å². The van der Waals surface area contributed by atoms with Crippen LogP contribution < -0.4 is 5.32 Å². The van der Waals surface area contributed by atoms with Crippen molar-refractivity contribution in [2.24, 2.45) is 0 Å². The Hall–Kier alpha value is -0.840. The Labute approximate surface area is 110 Å². The number of nitrogens with one attached hydrogen (secondary N) is 1. The monoisotopic (exact) mass is 269 g/mol. The molecule has 0 aromatic carbocycles. The van der Waals surface area contributed by atoms with Crippen LogP contribution in [0, 0.1) is 0 Å². The second-order valence-corrected chi connectivity index (χ2v) is 5.94. The van der Waals surface area contributed by atoms with Crippen LogP contribution in [0.1, 0.15) is 24.8 Å². The zero-order valence-electron chi connectivity index (χ0n) is 9.93. The zero-order chi connectivity index (χ0) is 12.3. The lowest BCUT2D eigenvalue weighted by atomic mass is 10.2. The van der Waals surface area contributed by atoms with E-state index in [0.717, 1.165) is 10.9 Å². The zero-order valence-corrected chi connectivity index (χ0v) is 11.5. The summed E-state index contributed by atoms with van der Waals surface area (Å²) in [5.74, 6) is 0.